The van der Waals surface area contributed by atoms with Crippen molar-refractivity contribution in [1.82, 2.24) is 10.2 Å². The molecule has 0 bridgehead atoms. The Bertz CT molecular complexity index is 293. The largest absolute Gasteiger partial charge is 0.481 e. The summed E-state index contributed by atoms with van der Waals surface area (Å²) in [5, 5.41) is 11.7. The molecule has 2 N–H and O–H groups in total. The zero-order valence-electron chi connectivity index (χ0n) is 13.0. The number of nitrogens with one attached hydrogen (secondary N) is 1. The topological polar surface area (TPSA) is 78.9 Å². The minimum Gasteiger partial charge on any atom is -0.481 e. The molecule has 0 fully saturated rings. The Hall–Kier alpha value is -1.30. The number of carboxylic acids is 1. The number of aliphatic carboxylic acids is 1. The van der Waals surface area contributed by atoms with E-state index < -0.39 is 11.9 Å². The highest BCUT2D eigenvalue weighted by Gasteiger charge is 2.22. The molecule has 0 aromatic heterocycles. The van der Waals surface area contributed by atoms with Crippen LogP contribution < -0.4 is 5.32 Å². The summed E-state index contributed by atoms with van der Waals surface area (Å²) in [7, 11) is 1.60. The Balaban J connectivity index is 4.57. The summed E-state index contributed by atoms with van der Waals surface area (Å²) in [6, 6.07) is -0.0643. The first-order valence-corrected chi connectivity index (χ1v) is 7.27. The van der Waals surface area contributed by atoms with Crippen molar-refractivity contribution in [2.75, 3.05) is 26.8 Å². The number of carboxylic acid groups (broad SMARTS) is 1. The predicted molar refractivity (Wildman–Crippen MR) is 77.8 cm³/mol. The Labute approximate surface area is 121 Å². The third-order valence-electron chi connectivity index (χ3n) is 3.52. The van der Waals surface area contributed by atoms with E-state index in [2.05, 4.69) is 5.32 Å². The maximum absolute atomic E-state index is 12.2. The molecule has 0 aromatic carbocycles. The highest BCUT2D eigenvalue weighted by Crippen LogP contribution is 2.09. The predicted octanol–water partition coefficient (Wildman–Crippen LogP) is 1.94. The van der Waals surface area contributed by atoms with Crippen LogP contribution in [0.25, 0.3) is 0 Å². The van der Waals surface area contributed by atoms with Gasteiger partial charge < -0.3 is 20.1 Å². The molecule has 1 atom stereocenters. The van der Waals surface area contributed by atoms with Crippen LogP contribution in [0.4, 0.5) is 4.79 Å². The number of rotatable bonds is 10. The SMILES string of the molecule is CCC(CNC(=O)N(CCOC)C(CC)CC)C(=O)O. The highest BCUT2D eigenvalue weighted by molar-refractivity contribution is 5.76. The number of carbonyl (C=O) groups excluding carboxylic acids is 1. The fourth-order valence-corrected chi connectivity index (χ4v) is 2.09. The number of hydrogen-bond donors (Lipinski definition) is 2. The van der Waals surface area contributed by atoms with Gasteiger partial charge in [0.05, 0.1) is 12.5 Å². The summed E-state index contributed by atoms with van der Waals surface area (Å²) < 4.78 is 5.03. The van der Waals surface area contributed by atoms with Crippen molar-refractivity contribution < 1.29 is 19.4 Å². The van der Waals surface area contributed by atoms with Crippen molar-refractivity contribution in [3.63, 3.8) is 0 Å². The molecule has 0 heterocycles. The van der Waals surface area contributed by atoms with E-state index in [0.29, 0.717) is 19.6 Å². The molecule has 0 spiro atoms. The monoisotopic (exact) mass is 288 g/mol. The first-order chi connectivity index (χ1) is 9.51. The summed E-state index contributed by atoms with van der Waals surface area (Å²) in [5.41, 5.74) is 0. The molecule has 2 amide bonds. The average molecular weight is 288 g/mol. The molecule has 0 saturated carbocycles. The Morgan fingerprint density at radius 2 is 1.80 bits per heavy atom. The second-order valence-electron chi connectivity index (χ2n) is 4.79. The molecule has 0 aliphatic carbocycles. The van der Waals surface area contributed by atoms with Crippen molar-refractivity contribution in [1.29, 1.82) is 0 Å². The second kappa shape index (κ2) is 10.5. The third kappa shape index (κ3) is 6.23. The summed E-state index contributed by atoms with van der Waals surface area (Å²) in [5.74, 6) is -1.41. The number of hydrogen-bond acceptors (Lipinski definition) is 3. The molecule has 6 nitrogen and oxygen atoms in total. The lowest BCUT2D eigenvalue weighted by molar-refractivity contribution is -0.141. The van der Waals surface area contributed by atoms with Gasteiger partial charge in [-0.05, 0) is 19.3 Å². The molecule has 0 rings (SSSR count). The Morgan fingerprint density at radius 3 is 2.20 bits per heavy atom. The highest BCUT2D eigenvalue weighted by atomic mass is 16.5. The van der Waals surface area contributed by atoms with Gasteiger partial charge in [-0.15, -0.1) is 0 Å². The number of urea groups is 1. The van der Waals surface area contributed by atoms with Gasteiger partial charge in [0.2, 0.25) is 0 Å². The first-order valence-electron chi connectivity index (χ1n) is 7.27. The number of carbonyl (C=O) groups is 2. The number of ether oxygens (including phenoxy) is 1. The summed E-state index contributed by atoms with van der Waals surface area (Å²) in [6.07, 6.45) is 2.23. The van der Waals surface area contributed by atoms with Gasteiger partial charge in [0.1, 0.15) is 0 Å². The van der Waals surface area contributed by atoms with Crippen LogP contribution in [0, 0.1) is 5.92 Å². The lowest BCUT2D eigenvalue weighted by Crippen LogP contribution is -2.48. The maximum atomic E-state index is 12.2. The molecule has 118 valence electrons. The van der Waals surface area contributed by atoms with E-state index >= 15 is 0 Å². The van der Waals surface area contributed by atoms with Gasteiger partial charge in [-0.3, -0.25) is 4.79 Å². The molecule has 0 aromatic rings. The number of amides is 2. The van der Waals surface area contributed by atoms with E-state index in [-0.39, 0.29) is 18.6 Å². The van der Waals surface area contributed by atoms with Crippen molar-refractivity contribution in [3.8, 4) is 0 Å². The smallest absolute Gasteiger partial charge is 0.317 e. The standard InChI is InChI=1S/C14H28N2O4/c1-5-11(13(17)18)10-15-14(19)16(8-9-20-4)12(6-2)7-3/h11-12H,5-10H2,1-4H3,(H,15,19)(H,17,18). The molecule has 0 aliphatic heterocycles. The van der Waals surface area contributed by atoms with Crippen LogP contribution in [-0.2, 0) is 9.53 Å². The molecular weight excluding hydrogens is 260 g/mol. The van der Waals surface area contributed by atoms with Crippen molar-refractivity contribution in [3.05, 3.63) is 0 Å². The van der Waals surface area contributed by atoms with E-state index in [9.17, 15) is 9.59 Å². The molecular formula is C14H28N2O4. The minimum absolute atomic E-state index is 0.148. The molecule has 0 aliphatic rings. The van der Waals surface area contributed by atoms with Crippen LogP contribution in [0.15, 0.2) is 0 Å². The van der Waals surface area contributed by atoms with Crippen molar-refractivity contribution >= 4 is 12.0 Å². The Kier molecular flexibility index (Phi) is 9.80. The number of nitrogens with zero attached hydrogens (tertiary/aromatic N) is 1. The van der Waals surface area contributed by atoms with Gasteiger partial charge in [0.15, 0.2) is 0 Å². The fraction of sp³-hybridized carbons (Fsp3) is 0.857. The molecule has 1 unspecified atom stereocenters. The van der Waals surface area contributed by atoms with E-state index in [4.69, 9.17) is 9.84 Å². The summed E-state index contributed by atoms with van der Waals surface area (Å²) in [4.78, 5) is 24.9. The van der Waals surface area contributed by atoms with Gasteiger partial charge >= 0.3 is 12.0 Å². The molecule has 0 radical (unpaired) electrons. The van der Waals surface area contributed by atoms with Crippen molar-refractivity contribution in [2.45, 2.75) is 46.1 Å². The maximum Gasteiger partial charge on any atom is 0.317 e. The van der Waals surface area contributed by atoms with E-state index in [1.807, 2.05) is 13.8 Å². The normalized spacial score (nSPS) is 12.2. The van der Waals surface area contributed by atoms with E-state index in [1.54, 1.807) is 18.9 Å². The van der Waals surface area contributed by atoms with Crippen LogP contribution in [0.1, 0.15) is 40.0 Å². The molecule has 20 heavy (non-hydrogen) atoms. The lowest BCUT2D eigenvalue weighted by atomic mass is 10.1. The number of methoxy groups -OCH3 is 1. The molecule has 6 heteroatoms. The fourth-order valence-electron chi connectivity index (χ4n) is 2.09. The Morgan fingerprint density at radius 1 is 1.20 bits per heavy atom. The van der Waals surface area contributed by atoms with Crippen LogP contribution in [0.2, 0.25) is 0 Å². The van der Waals surface area contributed by atoms with Gasteiger partial charge in [-0.1, -0.05) is 20.8 Å². The first kappa shape index (κ1) is 18.7. The minimum atomic E-state index is -0.876. The van der Waals surface area contributed by atoms with Gasteiger partial charge in [0.25, 0.3) is 0 Å². The van der Waals surface area contributed by atoms with E-state index in [1.165, 1.54) is 0 Å². The van der Waals surface area contributed by atoms with Gasteiger partial charge in [-0.25, -0.2) is 4.79 Å². The van der Waals surface area contributed by atoms with Crippen LogP contribution in [0.5, 0.6) is 0 Å². The van der Waals surface area contributed by atoms with Crippen LogP contribution >= 0.6 is 0 Å². The molecule has 0 saturated heterocycles. The quantitative estimate of drug-likeness (QED) is 0.644. The van der Waals surface area contributed by atoms with Crippen LogP contribution in [-0.4, -0.2) is 54.9 Å². The average Bonchev–Trinajstić information content (AvgIpc) is 2.43. The van der Waals surface area contributed by atoms with Crippen molar-refractivity contribution in [2.24, 2.45) is 5.92 Å². The zero-order valence-corrected chi connectivity index (χ0v) is 13.0. The third-order valence-corrected chi connectivity index (χ3v) is 3.52. The van der Waals surface area contributed by atoms with E-state index in [0.717, 1.165) is 12.8 Å². The summed E-state index contributed by atoms with van der Waals surface area (Å²) >= 11 is 0. The lowest BCUT2D eigenvalue weighted by Gasteiger charge is -2.30. The van der Waals surface area contributed by atoms with Gasteiger partial charge in [-0.2, -0.15) is 0 Å². The zero-order chi connectivity index (χ0) is 15.5. The summed E-state index contributed by atoms with van der Waals surface area (Å²) in [6.45, 7) is 7.02. The second-order valence-corrected chi connectivity index (χ2v) is 4.79. The van der Waals surface area contributed by atoms with Gasteiger partial charge in [0, 0.05) is 26.2 Å². The van der Waals surface area contributed by atoms with Crippen LogP contribution in [0.3, 0.4) is 0 Å².